The number of anilines is 1. The molecule has 92 valence electrons. The van der Waals surface area contributed by atoms with Crippen LogP contribution < -0.4 is 4.90 Å². The van der Waals surface area contributed by atoms with E-state index in [1.807, 2.05) is 0 Å². The van der Waals surface area contributed by atoms with E-state index in [9.17, 15) is 4.79 Å². The second kappa shape index (κ2) is 5.39. The molecule has 0 spiro atoms. The molecule has 1 saturated heterocycles. The molecule has 6 heteroatoms. The number of carbonyl (C=O) groups excluding carboxylic acids is 1. The molecule has 17 heavy (non-hydrogen) atoms. The number of pyridine rings is 1. The first-order valence-electron chi connectivity index (χ1n) is 5.24. The van der Waals surface area contributed by atoms with E-state index in [0.29, 0.717) is 9.61 Å². The number of ether oxygens (including phenoxy) is 1. The maximum atomic E-state index is 11.3. The van der Waals surface area contributed by atoms with Crippen molar-refractivity contribution < 1.29 is 9.53 Å². The summed E-state index contributed by atoms with van der Waals surface area (Å²) in [5.74, 6) is 0.425. The fourth-order valence-corrected chi connectivity index (χ4v) is 3.38. The molecular weight excluding hydrogens is 354 g/mol. The lowest BCUT2D eigenvalue weighted by Gasteiger charge is -2.24. The monoisotopic (exact) mass is 366 g/mol. The topological polar surface area (TPSA) is 42.4 Å². The van der Waals surface area contributed by atoms with Gasteiger partial charge in [-0.3, -0.25) is 0 Å². The van der Waals surface area contributed by atoms with Gasteiger partial charge in [0.05, 0.1) is 16.7 Å². The van der Waals surface area contributed by atoms with Crippen LogP contribution in [0.4, 0.5) is 5.82 Å². The summed E-state index contributed by atoms with van der Waals surface area (Å²) < 4.78 is 4.98. The number of hydrogen-bond donors (Lipinski definition) is 0. The summed E-state index contributed by atoms with van der Waals surface area (Å²) in [4.78, 5) is 17.6. The number of aromatic nitrogens is 1. The van der Waals surface area contributed by atoms with Crippen molar-refractivity contribution in [1.29, 1.82) is 0 Å². The molecular formula is C11H12ClIN2O2. The van der Waals surface area contributed by atoms with Gasteiger partial charge in [0, 0.05) is 6.20 Å². The smallest absolute Gasteiger partial charge is 0.339 e. The first-order valence-corrected chi connectivity index (χ1v) is 6.92. The Labute approximate surface area is 118 Å². The maximum Gasteiger partial charge on any atom is 0.339 e. The molecule has 1 aliphatic heterocycles. The Morgan fingerprint density at radius 3 is 2.82 bits per heavy atom. The van der Waals surface area contributed by atoms with Crippen molar-refractivity contribution in [1.82, 2.24) is 4.98 Å². The highest BCUT2D eigenvalue weighted by Gasteiger charge is 2.31. The summed E-state index contributed by atoms with van der Waals surface area (Å²) in [5.41, 5.74) is 0.431. The minimum absolute atomic E-state index is 0.0200. The van der Waals surface area contributed by atoms with E-state index in [0.717, 1.165) is 18.7 Å². The van der Waals surface area contributed by atoms with E-state index in [4.69, 9.17) is 11.6 Å². The molecule has 0 amide bonds. The summed E-state index contributed by atoms with van der Waals surface area (Å²) in [5, 5.41) is 0. The van der Waals surface area contributed by atoms with Crippen LogP contribution in [0.5, 0.6) is 0 Å². The van der Waals surface area contributed by atoms with Crippen LogP contribution in [0.1, 0.15) is 23.2 Å². The molecule has 0 N–H and O–H groups in total. The summed E-state index contributed by atoms with van der Waals surface area (Å²) in [6.45, 7) is 0. The molecule has 0 bridgehead atoms. The van der Waals surface area contributed by atoms with Gasteiger partial charge in [0.1, 0.15) is 11.3 Å². The average molecular weight is 367 g/mol. The average Bonchev–Trinajstić information content (AvgIpc) is 2.68. The van der Waals surface area contributed by atoms with Gasteiger partial charge in [-0.15, -0.1) is 0 Å². The fraction of sp³-hybridized carbons (Fsp3) is 0.455. The highest BCUT2D eigenvalue weighted by Crippen LogP contribution is 2.34. The van der Waals surface area contributed by atoms with Gasteiger partial charge < -0.3 is 9.64 Å². The van der Waals surface area contributed by atoms with Gasteiger partial charge in [-0.05, 0) is 25.0 Å². The highest BCUT2D eigenvalue weighted by molar-refractivity contribution is 14.1. The van der Waals surface area contributed by atoms with Crippen molar-refractivity contribution in [2.75, 3.05) is 12.0 Å². The minimum Gasteiger partial charge on any atom is -0.465 e. The van der Waals surface area contributed by atoms with Gasteiger partial charge in [0.25, 0.3) is 0 Å². The van der Waals surface area contributed by atoms with Crippen molar-refractivity contribution in [3.8, 4) is 0 Å². The Morgan fingerprint density at radius 2 is 2.35 bits per heavy atom. The van der Waals surface area contributed by atoms with E-state index in [-0.39, 0.29) is 11.5 Å². The molecule has 4 nitrogen and oxygen atoms in total. The van der Waals surface area contributed by atoms with Gasteiger partial charge in [-0.25, -0.2) is 9.78 Å². The fourth-order valence-electron chi connectivity index (χ4n) is 1.79. The summed E-state index contributed by atoms with van der Waals surface area (Å²) in [6.07, 6.45) is 3.53. The Bertz CT molecular complexity index is 402. The zero-order chi connectivity index (χ0) is 12.4. The molecule has 0 saturated carbocycles. The summed E-state index contributed by atoms with van der Waals surface area (Å²) >= 11 is 8.58. The first kappa shape index (κ1) is 12.9. The van der Waals surface area contributed by atoms with Crippen LogP contribution in [-0.4, -0.2) is 27.6 Å². The lowest BCUT2D eigenvalue weighted by molar-refractivity contribution is 0.0600. The van der Waals surface area contributed by atoms with E-state index >= 15 is 0 Å². The quantitative estimate of drug-likeness (QED) is 0.349. The molecule has 0 radical (unpaired) electrons. The Hall–Kier alpha value is -0.560. The number of methoxy groups -OCH3 is 1. The predicted octanol–water partition coefficient (Wildman–Crippen LogP) is 2.79. The number of carbonyl (C=O) groups is 1. The molecule has 2 heterocycles. The SMILES string of the molecule is COC(=O)c1ccc(N2C(Cl)CCC2I)nc1. The van der Waals surface area contributed by atoms with Crippen LogP contribution >= 0.6 is 34.2 Å². The lowest BCUT2D eigenvalue weighted by Crippen LogP contribution is -2.30. The standard InChI is InChI=1S/C11H12ClIN2O2/c1-17-11(16)7-2-5-10(14-6-7)15-8(12)3-4-9(15)13/h2,5-6,8-9H,3-4H2,1H3. The van der Waals surface area contributed by atoms with Crippen LogP contribution in [0.15, 0.2) is 18.3 Å². The number of alkyl halides is 2. The number of nitrogens with zero attached hydrogens (tertiary/aromatic N) is 2. The Balaban J connectivity index is 2.20. The van der Waals surface area contributed by atoms with Crippen molar-refractivity contribution in [2.24, 2.45) is 0 Å². The third kappa shape index (κ3) is 2.65. The maximum absolute atomic E-state index is 11.3. The number of esters is 1. The molecule has 2 unspecified atom stereocenters. The van der Waals surface area contributed by atoms with Crippen molar-refractivity contribution >= 4 is 46.0 Å². The molecule has 2 rings (SSSR count). The van der Waals surface area contributed by atoms with Gasteiger partial charge in [-0.2, -0.15) is 0 Å². The number of halogens is 2. The van der Waals surface area contributed by atoms with Crippen molar-refractivity contribution in [3.63, 3.8) is 0 Å². The van der Waals surface area contributed by atoms with E-state index in [2.05, 4.69) is 37.2 Å². The van der Waals surface area contributed by atoms with Gasteiger partial charge >= 0.3 is 5.97 Å². The number of rotatable bonds is 2. The van der Waals surface area contributed by atoms with Gasteiger partial charge in [0.2, 0.25) is 0 Å². The van der Waals surface area contributed by atoms with Gasteiger partial charge in [0.15, 0.2) is 0 Å². The van der Waals surface area contributed by atoms with E-state index in [1.165, 1.54) is 13.3 Å². The minimum atomic E-state index is -0.376. The molecule has 0 aromatic carbocycles. The first-order chi connectivity index (χ1) is 8.13. The lowest BCUT2D eigenvalue weighted by atomic mass is 10.3. The molecule has 0 aliphatic carbocycles. The summed E-state index contributed by atoms with van der Waals surface area (Å²) in [7, 11) is 1.35. The molecule has 1 aromatic rings. The van der Waals surface area contributed by atoms with E-state index in [1.54, 1.807) is 12.1 Å². The normalized spacial score (nSPS) is 23.8. The van der Waals surface area contributed by atoms with Crippen LogP contribution in [-0.2, 0) is 4.74 Å². The Kier molecular flexibility index (Phi) is 4.09. The third-order valence-electron chi connectivity index (χ3n) is 2.68. The van der Waals surface area contributed by atoms with Crippen LogP contribution in [0.2, 0.25) is 0 Å². The van der Waals surface area contributed by atoms with Crippen molar-refractivity contribution in [3.05, 3.63) is 23.9 Å². The third-order valence-corrected chi connectivity index (χ3v) is 4.33. The zero-order valence-electron chi connectivity index (χ0n) is 9.27. The van der Waals surface area contributed by atoms with E-state index < -0.39 is 0 Å². The summed E-state index contributed by atoms with van der Waals surface area (Å²) in [6, 6.07) is 3.51. The van der Waals surface area contributed by atoms with Crippen LogP contribution in [0.3, 0.4) is 0 Å². The molecule has 1 fully saturated rings. The molecule has 1 aliphatic rings. The zero-order valence-corrected chi connectivity index (χ0v) is 12.2. The largest absolute Gasteiger partial charge is 0.465 e. The highest BCUT2D eigenvalue weighted by atomic mass is 127. The second-order valence-corrected chi connectivity index (χ2v) is 5.69. The van der Waals surface area contributed by atoms with Crippen LogP contribution in [0, 0.1) is 0 Å². The number of hydrogen-bond acceptors (Lipinski definition) is 4. The second-order valence-electron chi connectivity index (χ2n) is 3.75. The van der Waals surface area contributed by atoms with Crippen molar-refractivity contribution in [2.45, 2.75) is 22.4 Å². The van der Waals surface area contributed by atoms with Gasteiger partial charge in [-0.1, -0.05) is 34.2 Å². The van der Waals surface area contributed by atoms with Crippen LogP contribution in [0.25, 0.3) is 0 Å². The predicted molar refractivity (Wildman–Crippen MR) is 74.7 cm³/mol. The molecule has 1 aromatic heterocycles. The Morgan fingerprint density at radius 1 is 1.59 bits per heavy atom. The molecule has 2 atom stereocenters.